The molecule has 20 heavy (non-hydrogen) atoms. The van der Waals surface area contributed by atoms with E-state index in [0.717, 1.165) is 11.9 Å². The molecule has 3 rings (SSSR count). The molecule has 0 amide bonds. The van der Waals surface area contributed by atoms with Gasteiger partial charge in [-0.3, -0.25) is 4.98 Å². The van der Waals surface area contributed by atoms with Gasteiger partial charge in [0.2, 0.25) is 0 Å². The monoisotopic (exact) mass is 374 g/mol. The van der Waals surface area contributed by atoms with Crippen LogP contribution in [0.1, 0.15) is 17.2 Å². The molecule has 0 saturated heterocycles. The van der Waals surface area contributed by atoms with Gasteiger partial charge in [0.15, 0.2) is 0 Å². The van der Waals surface area contributed by atoms with E-state index in [0.29, 0.717) is 0 Å². The van der Waals surface area contributed by atoms with Gasteiger partial charge in [-0.2, -0.15) is 0 Å². The predicted octanol–water partition coefficient (Wildman–Crippen LogP) is 4.08. The van der Waals surface area contributed by atoms with Crippen molar-refractivity contribution in [1.82, 2.24) is 4.98 Å². The Balaban J connectivity index is 1.91. The topological polar surface area (TPSA) is 38.9 Å². The first kappa shape index (κ1) is 13.5. The third kappa shape index (κ3) is 2.83. The summed E-state index contributed by atoms with van der Waals surface area (Å²) in [5, 5.41) is 1.19. The number of hydrogen-bond donors (Lipinski definition) is 1. The van der Waals surface area contributed by atoms with Crippen LogP contribution in [-0.4, -0.2) is 4.98 Å². The Morgan fingerprint density at radius 2 is 1.75 bits per heavy atom. The first-order valence-electron chi connectivity index (χ1n) is 6.58. The van der Waals surface area contributed by atoms with Gasteiger partial charge in [0.05, 0.1) is 5.52 Å². The largest absolute Gasteiger partial charge is 0.324 e. The Morgan fingerprint density at radius 3 is 2.55 bits per heavy atom. The maximum atomic E-state index is 6.35. The molecule has 3 heteroatoms. The van der Waals surface area contributed by atoms with E-state index in [1.807, 2.05) is 24.4 Å². The smallest absolute Gasteiger partial charge is 0.0704 e. The van der Waals surface area contributed by atoms with Crippen LogP contribution < -0.4 is 5.73 Å². The summed E-state index contributed by atoms with van der Waals surface area (Å²) < 4.78 is 1.23. The summed E-state index contributed by atoms with van der Waals surface area (Å²) in [5.74, 6) is 0. The fraction of sp³-hybridized carbons (Fsp3) is 0.118. The van der Waals surface area contributed by atoms with Crippen molar-refractivity contribution in [3.05, 3.63) is 75.5 Å². The molecule has 1 unspecified atom stereocenters. The van der Waals surface area contributed by atoms with Crippen molar-refractivity contribution in [3.63, 3.8) is 0 Å². The summed E-state index contributed by atoms with van der Waals surface area (Å²) in [6.07, 6.45) is 2.68. The van der Waals surface area contributed by atoms with Crippen LogP contribution in [-0.2, 0) is 6.42 Å². The average Bonchev–Trinajstić information content (AvgIpc) is 2.48. The number of rotatable bonds is 3. The summed E-state index contributed by atoms with van der Waals surface area (Å²) in [4.78, 5) is 4.39. The summed E-state index contributed by atoms with van der Waals surface area (Å²) >= 11 is 2.31. The van der Waals surface area contributed by atoms with Gasteiger partial charge in [-0.1, -0.05) is 30.3 Å². The van der Waals surface area contributed by atoms with Crippen molar-refractivity contribution in [2.75, 3.05) is 0 Å². The Kier molecular flexibility index (Phi) is 3.98. The molecule has 3 aromatic rings. The molecule has 2 N–H and O–H groups in total. The van der Waals surface area contributed by atoms with Crippen molar-refractivity contribution in [2.24, 2.45) is 5.73 Å². The van der Waals surface area contributed by atoms with Crippen molar-refractivity contribution in [1.29, 1.82) is 0 Å². The molecular weight excluding hydrogens is 359 g/mol. The molecule has 1 heterocycles. The molecule has 0 spiro atoms. The van der Waals surface area contributed by atoms with Crippen LogP contribution in [0.3, 0.4) is 0 Å². The minimum Gasteiger partial charge on any atom is -0.324 e. The van der Waals surface area contributed by atoms with Crippen LogP contribution in [0, 0.1) is 3.57 Å². The second kappa shape index (κ2) is 5.89. The molecule has 0 aliphatic rings. The molecule has 1 aromatic heterocycles. The van der Waals surface area contributed by atoms with Crippen LogP contribution in [0.4, 0.5) is 0 Å². The number of aromatic nitrogens is 1. The van der Waals surface area contributed by atoms with E-state index in [1.165, 1.54) is 20.1 Å². The lowest BCUT2D eigenvalue weighted by Crippen LogP contribution is -2.13. The molecule has 0 saturated carbocycles. The average molecular weight is 374 g/mol. The van der Waals surface area contributed by atoms with E-state index in [4.69, 9.17) is 5.73 Å². The summed E-state index contributed by atoms with van der Waals surface area (Å²) in [5.41, 5.74) is 9.80. The first-order chi connectivity index (χ1) is 9.74. The number of fused-ring (bicyclic) bond motifs is 1. The maximum absolute atomic E-state index is 6.35. The minimum atomic E-state index is 0.0119. The second-order valence-electron chi connectivity index (χ2n) is 4.85. The molecule has 0 fully saturated rings. The normalized spacial score (nSPS) is 12.5. The second-order valence-corrected chi connectivity index (χ2v) is 6.10. The molecular formula is C17H15IN2. The van der Waals surface area contributed by atoms with Gasteiger partial charge in [0, 0.05) is 21.2 Å². The number of nitrogens with two attached hydrogens (primary N) is 1. The first-order valence-corrected chi connectivity index (χ1v) is 7.65. The lowest BCUT2D eigenvalue weighted by molar-refractivity contribution is 0.725. The number of benzene rings is 2. The van der Waals surface area contributed by atoms with E-state index in [-0.39, 0.29) is 6.04 Å². The van der Waals surface area contributed by atoms with Crippen LogP contribution in [0.25, 0.3) is 10.9 Å². The summed E-state index contributed by atoms with van der Waals surface area (Å²) in [7, 11) is 0. The molecule has 0 aliphatic carbocycles. The quantitative estimate of drug-likeness (QED) is 0.702. The fourth-order valence-corrected chi connectivity index (χ4v) is 2.76. The number of pyridine rings is 1. The van der Waals surface area contributed by atoms with Gasteiger partial charge < -0.3 is 5.73 Å². The van der Waals surface area contributed by atoms with Crippen LogP contribution in [0.2, 0.25) is 0 Å². The van der Waals surface area contributed by atoms with Gasteiger partial charge in [-0.15, -0.1) is 0 Å². The maximum Gasteiger partial charge on any atom is 0.0704 e. The molecule has 2 aromatic carbocycles. The van der Waals surface area contributed by atoms with Crippen LogP contribution in [0.15, 0.2) is 60.8 Å². The van der Waals surface area contributed by atoms with E-state index in [2.05, 4.69) is 64.0 Å². The highest BCUT2D eigenvalue weighted by Gasteiger charge is 2.09. The SMILES string of the molecule is NC(Cc1ccnc2ccccc12)c1ccc(I)cc1. The predicted molar refractivity (Wildman–Crippen MR) is 91.5 cm³/mol. The van der Waals surface area contributed by atoms with Gasteiger partial charge in [0.25, 0.3) is 0 Å². The Morgan fingerprint density at radius 1 is 1.00 bits per heavy atom. The Bertz CT molecular complexity index is 717. The van der Waals surface area contributed by atoms with E-state index in [1.54, 1.807) is 0 Å². The van der Waals surface area contributed by atoms with Crippen molar-refractivity contribution < 1.29 is 0 Å². The number of hydrogen-bond acceptors (Lipinski definition) is 2. The fourth-order valence-electron chi connectivity index (χ4n) is 2.40. The van der Waals surface area contributed by atoms with Gasteiger partial charge >= 0.3 is 0 Å². The number of nitrogens with zero attached hydrogens (tertiary/aromatic N) is 1. The molecule has 0 radical (unpaired) electrons. The highest BCUT2D eigenvalue weighted by atomic mass is 127. The van der Waals surface area contributed by atoms with E-state index >= 15 is 0 Å². The lowest BCUT2D eigenvalue weighted by Gasteiger charge is -2.13. The van der Waals surface area contributed by atoms with Crippen molar-refractivity contribution in [2.45, 2.75) is 12.5 Å². The molecule has 0 bridgehead atoms. The highest BCUT2D eigenvalue weighted by molar-refractivity contribution is 14.1. The zero-order valence-electron chi connectivity index (χ0n) is 11.0. The zero-order valence-corrected chi connectivity index (χ0v) is 13.1. The molecule has 1 atom stereocenters. The molecule has 0 aliphatic heterocycles. The van der Waals surface area contributed by atoms with E-state index < -0.39 is 0 Å². The number of halogens is 1. The van der Waals surface area contributed by atoms with Gasteiger partial charge in [0.1, 0.15) is 0 Å². The third-order valence-electron chi connectivity index (χ3n) is 3.48. The highest BCUT2D eigenvalue weighted by Crippen LogP contribution is 2.22. The third-order valence-corrected chi connectivity index (χ3v) is 4.20. The lowest BCUT2D eigenvalue weighted by atomic mass is 9.97. The van der Waals surface area contributed by atoms with Crippen molar-refractivity contribution in [3.8, 4) is 0 Å². The molecule has 100 valence electrons. The standard InChI is InChI=1S/C17H15IN2/c18-14-7-5-12(6-8-14)16(19)11-13-9-10-20-17-4-2-1-3-15(13)17/h1-10,16H,11,19H2. The van der Waals surface area contributed by atoms with Gasteiger partial charge in [-0.05, 0) is 64.4 Å². The minimum absolute atomic E-state index is 0.0119. The zero-order chi connectivity index (χ0) is 13.9. The number of para-hydroxylation sites is 1. The summed E-state index contributed by atoms with van der Waals surface area (Å²) in [6.45, 7) is 0. The molecule has 2 nitrogen and oxygen atoms in total. The van der Waals surface area contributed by atoms with Crippen LogP contribution >= 0.6 is 22.6 Å². The van der Waals surface area contributed by atoms with Crippen molar-refractivity contribution >= 4 is 33.5 Å². The Hall–Kier alpha value is -1.46. The van der Waals surface area contributed by atoms with E-state index in [9.17, 15) is 0 Å². The summed E-state index contributed by atoms with van der Waals surface area (Å²) in [6, 6.07) is 18.7. The Labute approximate surface area is 132 Å². The van der Waals surface area contributed by atoms with Gasteiger partial charge in [-0.25, -0.2) is 0 Å². The van der Waals surface area contributed by atoms with Crippen LogP contribution in [0.5, 0.6) is 0 Å².